The van der Waals surface area contributed by atoms with Gasteiger partial charge in [-0.15, -0.1) is 0 Å². The van der Waals surface area contributed by atoms with Gasteiger partial charge in [-0.2, -0.15) is 0 Å². The topological polar surface area (TPSA) is 92.5 Å². The second kappa shape index (κ2) is 6.21. The predicted molar refractivity (Wildman–Crippen MR) is 84.1 cm³/mol. The molecule has 1 aromatic rings. The molecule has 1 heterocycles. The molecule has 1 amide bonds. The van der Waals surface area contributed by atoms with Gasteiger partial charge in [0.15, 0.2) is 0 Å². The number of rotatable bonds is 3. The number of halogens is 1. The van der Waals surface area contributed by atoms with Gasteiger partial charge < -0.3 is 11.1 Å². The predicted octanol–water partition coefficient (Wildman–Crippen LogP) is 1.56. The number of hydrogen-bond donors (Lipinski definition) is 2. The fourth-order valence-electron chi connectivity index (χ4n) is 2.09. The molecule has 0 aliphatic carbocycles. The zero-order chi connectivity index (χ0) is 15.6. The molecule has 1 atom stereocenters. The van der Waals surface area contributed by atoms with Crippen LogP contribution in [-0.2, 0) is 14.8 Å². The maximum Gasteiger partial charge on any atom is 0.241 e. The van der Waals surface area contributed by atoms with Crippen LogP contribution in [0.1, 0.15) is 19.8 Å². The van der Waals surface area contributed by atoms with Crippen LogP contribution in [0, 0.1) is 0 Å². The molecule has 116 valence electrons. The van der Waals surface area contributed by atoms with Gasteiger partial charge in [-0.1, -0.05) is 11.6 Å². The third-order valence-corrected chi connectivity index (χ3v) is 5.46. The highest BCUT2D eigenvalue weighted by Gasteiger charge is 2.26. The van der Waals surface area contributed by atoms with Crippen LogP contribution >= 0.6 is 11.6 Å². The molecule has 0 unspecified atom stereocenters. The van der Waals surface area contributed by atoms with Gasteiger partial charge in [-0.3, -0.25) is 9.10 Å². The molecule has 21 heavy (non-hydrogen) atoms. The molecule has 2 rings (SSSR count). The number of carbonyl (C=O) groups excluding carboxylic acids is 1. The highest BCUT2D eigenvalue weighted by Crippen LogP contribution is 2.30. The summed E-state index contributed by atoms with van der Waals surface area (Å²) in [7, 11) is -3.30. The van der Waals surface area contributed by atoms with Crippen LogP contribution in [-0.4, -0.2) is 32.7 Å². The van der Waals surface area contributed by atoms with Crippen molar-refractivity contribution in [3.63, 3.8) is 0 Å². The van der Waals surface area contributed by atoms with Crippen molar-refractivity contribution in [1.29, 1.82) is 0 Å². The van der Waals surface area contributed by atoms with Crippen molar-refractivity contribution in [2.24, 2.45) is 5.73 Å². The van der Waals surface area contributed by atoms with Crippen molar-refractivity contribution in [2.45, 2.75) is 25.8 Å². The van der Waals surface area contributed by atoms with E-state index >= 15 is 0 Å². The standard InChI is InChI=1S/C13H18ClN3O3S/c1-9(15)13(18)16-12-8-10(4-5-11(12)14)17-6-2-3-7-21(17,19)20/h4-5,8-9H,2-3,6-7,15H2,1H3,(H,16,18)/t9-/m0/s1. The number of sulfonamides is 1. The zero-order valence-electron chi connectivity index (χ0n) is 11.7. The third kappa shape index (κ3) is 3.66. The number of nitrogens with one attached hydrogen (secondary N) is 1. The van der Waals surface area contributed by atoms with E-state index < -0.39 is 16.1 Å². The first kappa shape index (κ1) is 16.1. The summed E-state index contributed by atoms with van der Waals surface area (Å²) in [5, 5.41) is 2.93. The average Bonchev–Trinajstić information content (AvgIpc) is 2.41. The Hall–Kier alpha value is -1.31. The van der Waals surface area contributed by atoms with E-state index in [-0.39, 0.29) is 11.7 Å². The van der Waals surface area contributed by atoms with Gasteiger partial charge in [0.2, 0.25) is 15.9 Å². The molecule has 8 heteroatoms. The second-order valence-corrected chi connectivity index (χ2v) is 7.46. The van der Waals surface area contributed by atoms with Crippen molar-refractivity contribution < 1.29 is 13.2 Å². The lowest BCUT2D eigenvalue weighted by atomic mass is 10.2. The Bertz CT molecular complexity index is 646. The molecule has 0 radical (unpaired) electrons. The monoisotopic (exact) mass is 331 g/mol. The first-order valence-corrected chi connectivity index (χ1v) is 8.66. The Morgan fingerprint density at radius 1 is 1.43 bits per heavy atom. The lowest BCUT2D eigenvalue weighted by Crippen LogP contribution is -2.38. The number of nitrogens with zero attached hydrogens (tertiary/aromatic N) is 1. The molecule has 1 aromatic carbocycles. The quantitative estimate of drug-likeness (QED) is 0.879. The van der Waals surface area contributed by atoms with E-state index in [0.717, 1.165) is 6.42 Å². The minimum absolute atomic E-state index is 0.136. The molecule has 1 saturated heterocycles. The highest BCUT2D eigenvalue weighted by molar-refractivity contribution is 7.92. The number of carbonyl (C=O) groups is 1. The Morgan fingerprint density at radius 2 is 2.14 bits per heavy atom. The van der Waals surface area contributed by atoms with Crippen LogP contribution in [0.5, 0.6) is 0 Å². The summed E-state index contributed by atoms with van der Waals surface area (Å²) in [4.78, 5) is 11.7. The SMILES string of the molecule is C[C@H](N)C(=O)Nc1cc(N2CCCCS2(=O)=O)ccc1Cl. The smallest absolute Gasteiger partial charge is 0.241 e. The minimum atomic E-state index is -3.30. The van der Waals surface area contributed by atoms with Crippen LogP contribution in [0.25, 0.3) is 0 Å². The Kier molecular flexibility index (Phi) is 4.75. The summed E-state index contributed by atoms with van der Waals surface area (Å²) in [6.45, 7) is 1.99. The first-order valence-electron chi connectivity index (χ1n) is 6.67. The molecule has 1 fully saturated rings. The summed E-state index contributed by atoms with van der Waals surface area (Å²) < 4.78 is 25.5. The van der Waals surface area contributed by atoms with Gasteiger partial charge in [0.1, 0.15) is 0 Å². The van der Waals surface area contributed by atoms with E-state index in [1.165, 1.54) is 4.31 Å². The minimum Gasteiger partial charge on any atom is -0.323 e. The molecule has 1 aliphatic heterocycles. The van der Waals surface area contributed by atoms with Crippen LogP contribution in [0.15, 0.2) is 18.2 Å². The molecule has 0 spiro atoms. The molecule has 0 aromatic heterocycles. The third-order valence-electron chi connectivity index (χ3n) is 3.26. The molecular weight excluding hydrogens is 314 g/mol. The van der Waals surface area contributed by atoms with Crippen molar-refractivity contribution in [3.05, 3.63) is 23.2 Å². The first-order chi connectivity index (χ1) is 9.81. The normalized spacial score (nSPS) is 19.1. The number of anilines is 2. The number of benzene rings is 1. The largest absolute Gasteiger partial charge is 0.323 e. The summed E-state index contributed by atoms with van der Waals surface area (Å²) in [5.74, 6) is -0.243. The maximum atomic E-state index is 12.1. The molecule has 0 bridgehead atoms. The Labute approximate surface area is 129 Å². The van der Waals surface area contributed by atoms with Crippen molar-refractivity contribution in [3.8, 4) is 0 Å². The Morgan fingerprint density at radius 3 is 2.76 bits per heavy atom. The summed E-state index contributed by atoms with van der Waals surface area (Å²) in [6.07, 6.45) is 1.48. The average molecular weight is 332 g/mol. The lowest BCUT2D eigenvalue weighted by molar-refractivity contribution is -0.117. The van der Waals surface area contributed by atoms with Gasteiger partial charge in [-0.05, 0) is 38.0 Å². The number of nitrogens with two attached hydrogens (primary N) is 1. The van der Waals surface area contributed by atoms with Crippen LogP contribution < -0.4 is 15.4 Å². The van der Waals surface area contributed by atoms with Crippen molar-refractivity contribution in [1.82, 2.24) is 0 Å². The fourth-order valence-corrected chi connectivity index (χ4v) is 3.89. The van der Waals surface area contributed by atoms with Gasteiger partial charge in [0.05, 0.1) is 28.2 Å². The zero-order valence-corrected chi connectivity index (χ0v) is 13.2. The van der Waals surface area contributed by atoms with Gasteiger partial charge in [-0.25, -0.2) is 8.42 Å². The van der Waals surface area contributed by atoms with Gasteiger partial charge >= 0.3 is 0 Å². The molecule has 6 nitrogen and oxygen atoms in total. The van der Waals surface area contributed by atoms with E-state index in [0.29, 0.717) is 29.4 Å². The summed E-state index contributed by atoms with van der Waals surface area (Å²) in [5.41, 5.74) is 6.35. The van der Waals surface area contributed by atoms with Crippen LogP contribution in [0.2, 0.25) is 5.02 Å². The lowest BCUT2D eigenvalue weighted by Gasteiger charge is -2.28. The highest BCUT2D eigenvalue weighted by atomic mass is 35.5. The summed E-state index contributed by atoms with van der Waals surface area (Å²) in [6, 6.07) is 4.08. The number of amides is 1. The van der Waals surface area contributed by atoms with Crippen LogP contribution in [0.4, 0.5) is 11.4 Å². The van der Waals surface area contributed by atoms with Crippen molar-refractivity contribution in [2.75, 3.05) is 21.9 Å². The Balaban J connectivity index is 2.32. The fraction of sp³-hybridized carbons (Fsp3) is 0.462. The van der Waals surface area contributed by atoms with E-state index in [1.54, 1.807) is 25.1 Å². The number of hydrogen-bond acceptors (Lipinski definition) is 4. The molecule has 3 N–H and O–H groups in total. The van der Waals surface area contributed by atoms with E-state index in [4.69, 9.17) is 17.3 Å². The van der Waals surface area contributed by atoms with E-state index in [1.807, 2.05) is 0 Å². The summed E-state index contributed by atoms with van der Waals surface area (Å²) >= 11 is 6.03. The van der Waals surface area contributed by atoms with E-state index in [9.17, 15) is 13.2 Å². The second-order valence-electron chi connectivity index (χ2n) is 5.04. The molecular formula is C13H18ClN3O3S. The van der Waals surface area contributed by atoms with E-state index in [2.05, 4.69) is 5.32 Å². The van der Waals surface area contributed by atoms with Gasteiger partial charge in [0, 0.05) is 6.54 Å². The van der Waals surface area contributed by atoms with Crippen LogP contribution in [0.3, 0.4) is 0 Å². The molecule has 1 aliphatic rings. The van der Waals surface area contributed by atoms with Gasteiger partial charge in [0.25, 0.3) is 0 Å². The van der Waals surface area contributed by atoms with Crippen molar-refractivity contribution >= 4 is 38.9 Å². The maximum absolute atomic E-state index is 12.1. The molecule has 0 saturated carbocycles.